The number of pyridine rings is 1. The minimum absolute atomic E-state index is 0.109. The summed E-state index contributed by atoms with van der Waals surface area (Å²) in [5.74, 6) is 0.985. The topological polar surface area (TPSA) is 77.7 Å². The van der Waals surface area contributed by atoms with Gasteiger partial charge in [-0.1, -0.05) is 32.0 Å². The lowest BCUT2D eigenvalue weighted by Crippen LogP contribution is -2.09. The van der Waals surface area contributed by atoms with Crippen molar-refractivity contribution in [2.45, 2.75) is 25.5 Å². The predicted octanol–water partition coefficient (Wildman–Crippen LogP) is 2.48. The molecule has 0 fully saturated rings. The van der Waals surface area contributed by atoms with Gasteiger partial charge in [-0.3, -0.25) is 4.98 Å². The van der Waals surface area contributed by atoms with Gasteiger partial charge in [0.15, 0.2) is 15.7 Å². The van der Waals surface area contributed by atoms with Crippen LogP contribution in [0.3, 0.4) is 0 Å². The van der Waals surface area contributed by atoms with Crippen LogP contribution in [-0.2, 0) is 15.6 Å². The third-order valence-corrected chi connectivity index (χ3v) is 4.22. The summed E-state index contributed by atoms with van der Waals surface area (Å²) >= 11 is 0. The van der Waals surface area contributed by atoms with Crippen LogP contribution >= 0.6 is 0 Å². The fraction of sp³-hybridized carbons (Fsp3) is 0.312. The van der Waals surface area contributed by atoms with Gasteiger partial charge in [0.25, 0.3) is 0 Å². The van der Waals surface area contributed by atoms with E-state index in [-0.39, 0.29) is 11.7 Å². The summed E-state index contributed by atoms with van der Waals surface area (Å²) in [7, 11) is -3.22. The van der Waals surface area contributed by atoms with Gasteiger partial charge in [0, 0.05) is 23.8 Å². The fourth-order valence-electron chi connectivity index (χ4n) is 2.39. The smallest absolute Gasteiger partial charge is 0.154 e. The van der Waals surface area contributed by atoms with Crippen LogP contribution in [0.1, 0.15) is 31.4 Å². The van der Waals surface area contributed by atoms with E-state index in [2.05, 4.69) is 15.1 Å². The fourth-order valence-corrected chi connectivity index (χ4v) is 3.04. The first kappa shape index (κ1) is 15.6. The molecule has 7 heteroatoms. The van der Waals surface area contributed by atoms with Crippen LogP contribution < -0.4 is 0 Å². The first-order valence-electron chi connectivity index (χ1n) is 7.33. The Kier molecular flexibility index (Phi) is 3.89. The molecule has 3 aromatic rings. The molecule has 0 radical (unpaired) electrons. The van der Waals surface area contributed by atoms with Crippen molar-refractivity contribution < 1.29 is 8.42 Å². The summed E-state index contributed by atoms with van der Waals surface area (Å²) in [5, 5.41) is 5.48. The standard InChI is InChI=1S/C16H18N4O2S/c1-11(2)16-18-14(10-23(3,21)22)20(19-16)13-8-4-6-12-7-5-9-17-15(12)13/h4-9,11H,10H2,1-3H3. The van der Waals surface area contributed by atoms with Gasteiger partial charge >= 0.3 is 0 Å². The minimum atomic E-state index is -3.22. The molecule has 0 amide bonds. The Morgan fingerprint density at radius 1 is 1.17 bits per heavy atom. The number of nitrogens with zero attached hydrogens (tertiary/aromatic N) is 4. The van der Waals surface area contributed by atoms with Gasteiger partial charge in [0.05, 0.1) is 11.2 Å². The Hall–Kier alpha value is -2.28. The molecular weight excluding hydrogens is 312 g/mol. The summed E-state index contributed by atoms with van der Waals surface area (Å²) in [5.41, 5.74) is 1.51. The summed E-state index contributed by atoms with van der Waals surface area (Å²) < 4.78 is 25.1. The average molecular weight is 330 g/mol. The van der Waals surface area contributed by atoms with Gasteiger partial charge < -0.3 is 0 Å². The number of hydrogen-bond donors (Lipinski definition) is 0. The first-order valence-corrected chi connectivity index (χ1v) is 9.39. The van der Waals surface area contributed by atoms with Crippen LogP contribution in [0.4, 0.5) is 0 Å². The van der Waals surface area contributed by atoms with E-state index >= 15 is 0 Å². The SMILES string of the molecule is CC(C)c1nc(CS(C)(=O)=O)n(-c2cccc3cccnc23)n1. The number of hydrogen-bond acceptors (Lipinski definition) is 5. The number of aromatic nitrogens is 4. The first-order chi connectivity index (χ1) is 10.8. The summed E-state index contributed by atoms with van der Waals surface area (Å²) in [6, 6.07) is 9.56. The quantitative estimate of drug-likeness (QED) is 0.734. The number of rotatable bonds is 4. The summed E-state index contributed by atoms with van der Waals surface area (Å²) in [6.07, 6.45) is 2.91. The minimum Gasteiger partial charge on any atom is -0.254 e. The molecular formula is C16H18N4O2S. The van der Waals surface area contributed by atoms with Crippen LogP contribution in [0.25, 0.3) is 16.6 Å². The molecule has 0 aliphatic carbocycles. The van der Waals surface area contributed by atoms with E-state index < -0.39 is 9.84 Å². The number of para-hydroxylation sites is 1. The number of benzene rings is 1. The van der Waals surface area contributed by atoms with E-state index in [9.17, 15) is 8.42 Å². The van der Waals surface area contributed by atoms with Gasteiger partial charge in [-0.25, -0.2) is 18.1 Å². The Labute approximate surface area is 135 Å². The molecule has 3 rings (SSSR count). The van der Waals surface area contributed by atoms with Crippen molar-refractivity contribution in [1.82, 2.24) is 19.7 Å². The van der Waals surface area contributed by atoms with E-state index in [0.717, 1.165) is 16.6 Å². The molecule has 6 nitrogen and oxygen atoms in total. The van der Waals surface area contributed by atoms with Gasteiger partial charge in [-0.2, -0.15) is 5.10 Å². The molecule has 120 valence electrons. The van der Waals surface area contributed by atoms with Crippen LogP contribution in [-0.4, -0.2) is 34.4 Å². The third kappa shape index (κ3) is 3.24. The predicted molar refractivity (Wildman–Crippen MR) is 89.3 cm³/mol. The molecule has 0 aliphatic heterocycles. The Balaban J connectivity index is 2.25. The molecule has 0 saturated heterocycles. The van der Waals surface area contributed by atoms with Crippen molar-refractivity contribution in [3.63, 3.8) is 0 Å². The van der Waals surface area contributed by atoms with Crippen molar-refractivity contribution in [3.8, 4) is 5.69 Å². The largest absolute Gasteiger partial charge is 0.254 e. The van der Waals surface area contributed by atoms with Crippen LogP contribution in [0.2, 0.25) is 0 Å². The Morgan fingerprint density at radius 3 is 2.61 bits per heavy atom. The normalized spacial score (nSPS) is 12.2. The highest BCUT2D eigenvalue weighted by Crippen LogP contribution is 2.22. The van der Waals surface area contributed by atoms with Crippen LogP contribution in [0.15, 0.2) is 36.5 Å². The zero-order chi connectivity index (χ0) is 16.6. The molecule has 0 saturated carbocycles. The van der Waals surface area contributed by atoms with E-state index in [1.165, 1.54) is 6.26 Å². The molecule has 1 aromatic carbocycles. The maximum absolute atomic E-state index is 11.7. The van der Waals surface area contributed by atoms with Gasteiger partial charge in [0.2, 0.25) is 0 Å². The second-order valence-corrected chi connectivity index (χ2v) is 8.02. The molecule has 0 spiro atoms. The highest BCUT2D eigenvalue weighted by atomic mass is 32.2. The molecule has 2 heterocycles. The number of sulfone groups is 1. The van der Waals surface area contributed by atoms with Gasteiger partial charge in [-0.05, 0) is 12.1 Å². The summed E-state index contributed by atoms with van der Waals surface area (Å²) in [4.78, 5) is 8.83. The molecule has 0 N–H and O–H groups in total. The molecule has 0 unspecified atom stereocenters. The lowest BCUT2D eigenvalue weighted by Gasteiger charge is -2.08. The lowest BCUT2D eigenvalue weighted by molar-refractivity contribution is 0.598. The molecule has 23 heavy (non-hydrogen) atoms. The lowest BCUT2D eigenvalue weighted by atomic mass is 10.2. The Morgan fingerprint density at radius 2 is 1.91 bits per heavy atom. The summed E-state index contributed by atoms with van der Waals surface area (Å²) in [6.45, 7) is 3.95. The third-order valence-electron chi connectivity index (χ3n) is 3.44. The van der Waals surface area contributed by atoms with E-state index in [1.807, 2.05) is 44.2 Å². The van der Waals surface area contributed by atoms with E-state index in [1.54, 1.807) is 10.9 Å². The zero-order valence-corrected chi connectivity index (χ0v) is 14.1. The second kappa shape index (κ2) is 5.73. The maximum atomic E-state index is 11.7. The van der Waals surface area contributed by atoms with Crippen molar-refractivity contribution in [2.75, 3.05) is 6.26 Å². The van der Waals surface area contributed by atoms with Crippen molar-refractivity contribution in [3.05, 3.63) is 48.2 Å². The second-order valence-electron chi connectivity index (χ2n) is 5.88. The monoisotopic (exact) mass is 330 g/mol. The van der Waals surface area contributed by atoms with Crippen molar-refractivity contribution in [2.24, 2.45) is 0 Å². The highest BCUT2D eigenvalue weighted by molar-refractivity contribution is 7.89. The van der Waals surface area contributed by atoms with Crippen LogP contribution in [0.5, 0.6) is 0 Å². The molecule has 0 atom stereocenters. The van der Waals surface area contributed by atoms with Crippen molar-refractivity contribution >= 4 is 20.7 Å². The van der Waals surface area contributed by atoms with E-state index in [4.69, 9.17) is 0 Å². The average Bonchev–Trinajstić information content (AvgIpc) is 2.88. The van der Waals surface area contributed by atoms with Gasteiger partial charge in [-0.15, -0.1) is 0 Å². The molecule has 0 bridgehead atoms. The molecule has 2 aromatic heterocycles. The van der Waals surface area contributed by atoms with Crippen LogP contribution in [0, 0.1) is 0 Å². The molecule has 0 aliphatic rings. The Bertz CT molecular complexity index is 956. The highest BCUT2D eigenvalue weighted by Gasteiger charge is 2.19. The van der Waals surface area contributed by atoms with E-state index in [0.29, 0.717) is 11.6 Å². The van der Waals surface area contributed by atoms with Gasteiger partial charge in [0.1, 0.15) is 11.6 Å². The maximum Gasteiger partial charge on any atom is 0.154 e. The number of fused-ring (bicyclic) bond motifs is 1. The zero-order valence-electron chi connectivity index (χ0n) is 13.3. The van der Waals surface area contributed by atoms with Crippen molar-refractivity contribution in [1.29, 1.82) is 0 Å².